The smallest absolute Gasteiger partial charge is 0.186 e. The highest BCUT2D eigenvalue weighted by atomic mass is 32.1. The van der Waals surface area contributed by atoms with Crippen LogP contribution >= 0.6 is 11.3 Å². The lowest BCUT2D eigenvalue weighted by molar-refractivity contribution is 0.590. The van der Waals surface area contributed by atoms with Gasteiger partial charge >= 0.3 is 0 Å². The van der Waals surface area contributed by atoms with E-state index in [-0.39, 0.29) is 11.4 Å². The van der Waals surface area contributed by atoms with Crippen LogP contribution in [0.4, 0.5) is 0 Å². The molecule has 106 valence electrons. The normalized spacial score (nSPS) is 11.3. The number of benzene rings is 1. The first-order chi connectivity index (χ1) is 9.36. The first-order valence-electron chi connectivity index (χ1n) is 6.47. The van der Waals surface area contributed by atoms with Crippen molar-refractivity contribution in [2.75, 3.05) is 0 Å². The number of aromatic nitrogens is 1. The highest BCUT2D eigenvalue weighted by Crippen LogP contribution is 2.27. The monoisotopic (exact) mass is 288 g/mol. The third kappa shape index (κ3) is 3.57. The molecule has 1 aromatic carbocycles. The SMILES string of the molecule is CC(C)(C)c1ccc(-c2csc(CN=C(N)N)n2)cc1. The Morgan fingerprint density at radius 1 is 1.20 bits per heavy atom. The van der Waals surface area contributed by atoms with Gasteiger partial charge in [-0.3, -0.25) is 0 Å². The molecule has 1 heterocycles. The molecule has 0 aliphatic carbocycles. The third-order valence-electron chi connectivity index (χ3n) is 3.00. The van der Waals surface area contributed by atoms with Gasteiger partial charge in [0.25, 0.3) is 0 Å². The van der Waals surface area contributed by atoms with Crippen LogP contribution in [0, 0.1) is 0 Å². The molecule has 0 saturated carbocycles. The molecule has 20 heavy (non-hydrogen) atoms. The Labute approximate surface area is 123 Å². The van der Waals surface area contributed by atoms with Gasteiger partial charge in [0.15, 0.2) is 5.96 Å². The highest BCUT2D eigenvalue weighted by Gasteiger charge is 2.13. The molecular weight excluding hydrogens is 268 g/mol. The van der Waals surface area contributed by atoms with Gasteiger partial charge in [0.05, 0.1) is 12.2 Å². The molecule has 0 unspecified atom stereocenters. The molecule has 0 atom stereocenters. The fraction of sp³-hybridized carbons (Fsp3) is 0.333. The van der Waals surface area contributed by atoms with E-state index in [1.165, 1.54) is 5.56 Å². The largest absolute Gasteiger partial charge is 0.370 e. The maximum absolute atomic E-state index is 5.32. The first kappa shape index (κ1) is 14.5. The Bertz CT molecular complexity index is 602. The number of hydrogen-bond donors (Lipinski definition) is 2. The molecule has 5 heteroatoms. The molecule has 1 aromatic heterocycles. The molecule has 2 rings (SSSR count). The molecule has 0 fully saturated rings. The summed E-state index contributed by atoms with van der Waals surface area (Å²) >= 11 is 1.57. The summed E-state index contributed by atoms with van der Waals surface area (Å²) in [7, 11) is 0. The minimum Gasteiger partial charge on any atom is -0.370 e. The molecule has 0 amide bonds. The van der Waals surface area contributed by atoms with Gasteiger partial charge in [-0.2, -0.15) is 0 Å². The predicted molar refractivity (Wildman–Crippen MR) is 85.8 cm³/mol. The molecule has 0 aliphatic rings. The van der Waals surface area contributed by atoms with Crippen LogP contribution in [-0.4, -0.2) is 10.9 Å². The van der Waals surface area contributed by atoms with E-state index in [0.29, 0.717) is 6.54 Å². The van der Waals surface area contributed by atoms with Gasteiger partial charge < -0.3 is 11.5 Å². The maximum Gasteiger partial charge on any atom is 0.186 e. The minimum atomic E-state index is 0.0938. The van der Waals surface area contributed by atoms with Gasteiger partial charge in [-0.1, -0.05) is 45.0 Å². The van der Waals surface area contributed by atoms with E-state index in [1.54, 1.807) is 11.3 Å². The fourth-order valence-electron chi connectivity index (χ4n) is 1.82. The van der Waals surface area contributed by atoms with Crippen molar-refractivity contribution >= 4 is 17.3 Å². The van der Waals surface area contributed by atoms with Crippen LogP contribution < -0.4 is 11.5 Å². The Kier molecular flexibility index (Phi) is 4.09. The number of thiazole rings is 1. The second kappa shape index (κ2) is 5.63. The Balaban J connectivity index is 2.18. The molecular formula is C15H20N4S. The van der Waals surface area contributed by atoms with Crippen LogP contribution in [0.15, 0.2) is 34.6 Å². The third-order valence-corrected chi connectivity index (χ3v) is 3.83. The van der Waals surface area contributed by atoms with Crippen LogP contribution in [-0.2, 0) is 12.0 Å². The number of nitrogens with zero attached hydrogens (tertiary/aromatic N) is 2. The molecule has 0 spiro atoms. The van der Waals surface area contributed by atoms with Crippen LogP contribution in [0.3, 0.4) is 0 Å². The predicted octanol–water partition coefficient (Wildman–Crippen LogP) is 2.88. The van der Waals surface area contributed by atoms with Gasteiger partial charge in [-0.15, -0.1) is 11.3 Å². The summed E-state index contributed by atoms with van der Waals surface area (Å²) in [6, 6.07) is 8.54. The van der Waals surface area contributed by atoms with Crippen LogP contribution in [0.5, 0.6) is 0 Å². The number of nitrogens with two attached hydrogens (primary N) is 2. The summed E-state index contributed by atoms with van der Waals surface area (Å²) in [5.41, 5.74) is 14.2. The average Bonchev–Trinajstić information content (AvgIpc) is 2.84. The van der Waals surface area contributed by atoms with Crippen molar-refractivity contribution in [1.82, 2.24) is 4.98 Å². The highest BCUT2D eigenvalue weighted by molar-refractivity contribution is 7.09. The molecule has 4 nitrogen and oxygen atoms in total. The second-order valence-electron chi connectivity index (χ2n) is 5.69. The number of rotatable bonds is 3. The van der Waals surface area contributed by atoms with E-state index in [2.05, 4.69) is 55.0 Å². The lowest BCUT2D eigenvalue weighted by Crippen LogP contribution is -2.22. The van der Waals surface area contributed by atoms with Gasteiger partial charge in [0, 0.05) is 10.9 Å². The van der Waals surface area contributed by atoms with Crippen molar-refractivity contribution in [3.8, 4) is 11.3 Å². The number of aliphatic imine (C=N–C) groups is 1. The molecule has 0 bridgehead atoms. The quantitative estimate of drug-likeness (QED) is 0.673. The summed E-state index contributed by atoms with van der Waals surface area (Å²) < 4.78 is 0. The molecule has 0 radical (unpaired) electrons. The van der Waals surface area contributed by atoms with Gasteiger partial charge in [0.1, 0.15) is 5.01 Å². The van der Waals surface area contributed by atoms with Crippen LogP contribution in [0.2, 0.25) is 0 Å². The van der Waals surface area contributed by atoms with Gasteiger partial charge in [-0.25, -0.2) is 9.98 Å². The molecule has 2 aromatic rings. The molecule has 0 saturated heterocycles. The minimum absolute atomic E-state index is 0.0938. The van der Waals surface area contributed by atoms with Gasteiger partial charge in [-0.05, 0) is 11.0 Å². The fourth-order valence-corrected chi connectivity index (χ4v) is 2.54. The van der Waals surface area contributed by atoms with E-state index < -0.39 is 0 Å². The van der Waals surface area contributed by atoms with Crippen molar-refractivity contribution in [2.45, 2.75) is 32.7 Å². The zero-order valence-electron chi connectivity index (χ0n) is 12.1. The summed E-state index contributed by atoms with van der Waals surface area (Å²) in [5, 5.41) is 2.94. The number of hydrogen-bond acceptors (Lipinski definition) is 3. The van der Waals surface area contributed by atoms with Crippen LogP contribution in [0.1, 0.15) is 31.3 Å². The van der Waals surface area contributed by atoms with E-state index >= 15 is 0 Å². The molecule has 0 aliphatic heterocycles. The summed E-state index contributed by atoms with van der Waals surface area (Å²) in [4.78, 5) is 8.51. The van der Waals surface area contributed by atoms with E-state index in [1.807, 2.05) is 5.38 Å². The van der Waals surface area contributed by atoms with E-state index in [0.717, 1.165) is 16.3 Å². The van der Waals surface area contributed by atoms with Crippen LogP contribution in [0.25, 0.3) is 11.3 Å². The lowest BCUT2D eigenvalue weighted by atomic mass is 9.86. The Morgan fingerprint density at radius 2 is 1.85 bits per heavy atom. The van der Waals surface area contributed by atoms with E-state index in [4.69, 9.17) is 11.5 Å². The molecule has 4 N–H and O–H groups in total. The standard InChI is InChI=1S/C15H20N4S/c1-15(2,3)11-6-4-10(5-7-11)12-9-20-13(19-12)8-18-14(16)17/h4-7,9H,8H2,1-3H3,(H4,16,17,18). The van der Waals surface area contributed by atoms with Crippen molar-refractivity contribution in [3.05, 3.63) is 40.2 Å². The Hall–Kier alpha value is -1.88. The Morgan fingerprint density at radius 3 is 2.40 bits per heavy atom. The zero-order chi connectivity index (χ0) is 14.8. The van der Waals surface area contributed by atoms with Gasteiger partial charge in [0.2, 0.25) is 0 Å². The van der Waals surface area contributed by atoms with Crippen molar-refractivity contribution in [2.24, 2.45) is 16.5 Å². The number of guanidine groups is 1. The summed E-state index contributed by atoms with van der Waals surface area (Å²) in [6.07, 6.45) is 0. The topological polar surface area (TPSA) is 77.3 Å². The van der Waals surface area contributed by atoms with Crippen molar-refractivity contribution in [3.63, 3.8) is 0 Å². The maximum atomic E-state index is 5.32. The summed E-state index contributed by atoms with van der Waals surface area (Å²) in [6.45, 7) is 7.06. The average molecular weight is 288 g/mol. The second-order valence-corrected chi connectivity index (χ2v) is 6.64. The lowest BCUT2D eigenvalue weighted by Gasteiger charge is -2.18. The first-order valence-corrected chi connectivity index (χ1v) is 7.35. The van der Waals surface area contributed by atoms with Crippen molar-refractivity contribution < 1.29 is 0 Å². The zero-order valence-corrected chi connectivity index (χ0v) is 12.9. The van der Waals surface area contributed by atoms with E-state index in [9.17, 15) is 0 Å². The summed E-state index contributed by atoms with van der Waals surface area (Å²) in [5.74, 6) is 0.0938. The van der Waals surface area contributed by atoms with Crippen molar-refractivity contribution in [1.29, 1.82) is 0 Å².